The van der Waals surface area contributed by atoms with Gasteiger partial charge >= 0.3 is 0 Å². The summed E-state index contributed by atoms with van der Waals surface area (Å²) in [5.74, 6) is -0.137. The molecule has 0 saturated carbocycles. The van der Waals surface area contributed by atoms with Gasteiger partial charge in [0.2, 0.25) is 0 Å². The third-order valence-corrected chi connectivity index (χ3v) is 4.66. The normalized spacial score (nSPS) is 14.5. The van der Waals surface area contributed by atoms with Crippen LogP contribution in [0.5, 0.6) is 0 Å². The Balaban J connectivity index is 1.81. The highest BCUT2D eigenvalue weighted by Gasteiger charge is 2.26. The fourth-order valence-electron chi connectivity index (χ4n) is 3.16. The van der Waals surface area contributed by atoms with Gasteiger partial charge in [0.05, 0.1) is 11.8 Å². The van der Waals surface area contributed by atoms with Crippen LogP contribution in [0.25, 0.3) is 5.69 Å². The molecule has 0 radical (unpaired) electrons. The molecule has 24 heavy (non-hydrogen) atoms. The minimum Gasteiger partial charge on any atom is -0.393 e. The van der Waals surface area contributed by atoms with E-state index in [2.05, 4.69) is 29.5 Å². The summed E-state index contributed by atoms with van der Waals surface area (Å²) in [6, 6.07) is 8.20. The third-order valence-electron chi connectivity index (χ3n) is 4.66. The van der Waals surface area contributed by atoms with E-state index in [9.17, 15) is 9.90 Å². The summed E-state index contributed by atoms with van der Waals surface area (Å²) in [5.41, 5.74) is 4.96. The average Bonchev–Trinajstić information content (AvgIpc) is 3.17. The molecule has 1 amide bonds. The van der Waals surface area contributed by atoms with Crippen molar-refractivity contribution in [1.29, 1.82) is 0 Å². The Hall–Kier alpha value is -2.14. The zero-order chi connectivity index (χ0) is 17.1. The third kappa shape index (κ3) is 3.36. The lowest BCUT2D eigenvalue weighted by molar-refractivity contribution is 0.0935. The van der Waals surface area contributed by atoms with E-state index < -0.39 is 0 Å². The molecule has 2 N–H and O–H groups in total. The van der Waals surface area contributed by atoms with Crippen molar-refractivity contribution in [1.82, 2.24) is 15.1 Å². The van der Waals surface area contributed by atoms with Gasteiger partial charge in [0.15, 0.2) is 5.69 Å². The van der Waals surface area contributed by atoms with Crippen molar-refractivity contribution in [2.75, 3.05) is 6.54 Å². The fourth-order valence-corrected chi connectivity index (χ4v) is 3.16. The van der Waals surface area contributed by atoms with Crippen LogP contribution in [0, 0.1) is 6.92 Å². The minimum atomic E-state index is -0.360. The van der Waals surface area contributed by atoms with Gasteiger partial charge in [0.1, 0.15) is 0 Å². The molecule has 5 heteroatoms. The summed E-state index contributed by atoms with van der Waals surface area (Å²) in [7, 11) is 0. The predicted molar refractivity (Wildman–Crippen MR) is 93.6 cm³/mol. The van der Waals surface area contributed by atoms with Crippen LogP contribution < -0.4 is 5.32 Å². The van der Waals surface area contributed by atoms with Gasteiger partial charge < -0.3 is 10.4 Å². The van der Waals surface area contributed by atoms with Crippen molar-refractivity contribution >= 4 is 5.91 Å². The van der Waals surface area contributed by atoms with Crippen LogP contribution in [0.4, 0.5) is 0 Å². The highest BCUT2D eigenvalue weighted by atomic mass is 16.3. The number of carbonyl (C=O) groups excluding carboxylic acids is 1. The number of aliphatic hydroxyl groups excluding tert-OH is 1. The van der Waals surface area contributed by atoms with Gasteiger partial charge in [-0.2, -0.15) is 5.10 Å². The van der Waals surface area contributed by atoms with E-state index in [4.69, 9.17) is 0 Å². The van der Waals surface area contributed by atoms with Crippen LogP contribution in [0.3, 0.4) is 0 Å². The standard InChI is InChI=1S/C19H25N3O2/c1-3-15(23)11-12-20-19(24)18-16-5-4-6-17(16)22(21-18)14-9-7-13(2)8-10-14/h7-10,15,23H,3-6,11-12H2,1-2H3,(H,20,24). The van der Waals surface area contributed by atoms with Gasteiger partial charge in [-0.05, 0) is 51.2 Å². The second-order valence-electron chi connectivity index (χ2n) is 6.48. The molecular formula is C19H25N3O2. The number of aryl methyl sites for hydroxylation is 1. The van der Waals surface area contributed by atoms with Crippen LogP contribution in [0.2, 0.25) is 0 Å². The van der Waals surface area contributed by atoms with Crippen LogP contribution >= 0.6 is 0 Å². The molecule has 3 rings (SSSR count). The Kier molecular flexibility index (Phi) is 5.00. The molecule has 1 aliphatic rings. The molecule has 0 fully saturated rings. The zero-order valence-electron chi connectivity index (χ0n) is 14.4. The molecule has 0 bridgehead atoms. The summed E-state index contributed by atoms with van der Waals surface area (Å²) >= 11 is 0. The summed E-state index contributed by atoms with van der Waals surface area (Å²) in [6.07, 6.45) is 3.84. The number of fused-ring (bicyclic) bond motifs is 1. The molecule has 1 aromatic heterocycles. The SMILES string of the molecule is CCC(O)CCNC(=O)c1nn(-c2ccc(C)cc2)c2c1CCC2. The number of aliphatic hydroxyl groups is 1. The number of nitrogens with zero attached hydrogens (tertiary/aromatic N) is 2. The van der Waals surface area contributed by atoms with E-state index in [1.165, 1.54) is 5.56 Å². The van der Waals surface area contributed by atoms with Crippen molar-refractivity contribution in [2.24, 2.45) is 0 Å². The summed E-state index contributed by atoms with van der Waals surface area (Å²) in [5, 5.41) is 17.1. The molecule has 128 valence electrons. The first-order chi connectivity index (χ1) is 11.6. The molecule has 1 aromatic carbocycles. The topological polar surface area (TPSA) is 67.2 Å². The lowest BCUT2D eigenvalue weighted by Gasteiger charge is -2.08. The van der Waals surface area contributed by atoms with E-state index in [1.807, 2.05) is 23.7 Å². The first kappa shape index (κ1) is 16.7. The van der Waals surface area contributed by atoms with Crippen molar-refractivity contribution in [3.05, 3.63) is 46.8 Å². The second-order valence-corrected chi connectivity index (χ2v) is 6.48. The second kappa shape index (κ2) is 7.18. The zero-order valence-corrected chi connectivity index (χ0v) is 14.4. The highest BCUT2D eigenvalue weighted by molar-refractivity contribution is 5.94. The maximum absolute atomic E-state index is 12.5. The van der Waals surface area contributed by atoms with E-state index in [1.54, 1.807) is 0 Å². The maximum Gasteiger partial charge on any atom is 0.272 e. The largest absolute Gasteiger partial charge is 0.393 e. The minimum absolute atomic E-state index is 0.137. The van der Waals surface area contributed by atoms with E-state index in [-0.39, 0.29) is 12.0 Å². The van der Waals surface area contributed by atoms with E-state index >= 15 is 0 Å². The number of rotatable bonds is 6. The number of nitrogens with one attached hydrogen (secondary N) is 1. The number of carbonyl (C=O) groups is 1. The summed E-state index contributed by atoms with van der Waals surface area (Å²) in [4.78, 5) is 12.5. The first-order valence-corrected chi connectivity index (χ1v) is 8.74. The molecule has 0 saturated heterocycles. The van der Waals surface area contributed by atoms with Crippen LogP contribution in [0.15, 0.2) is 24.3 Å². The number of aromatic nitrogens is 2. The Labute approximate surface area is 142 Å². The smallest absolute Gasteiger partial charge is 0.272 e. The van der Waals surface area contributed by atoms with Crippen LogP contribution in [-0.2, 0) is 12.8 Å². The summed E-state index contributed by atoms with van der Waals surface area (Å²) in [6.45, 7) is 4.46. The Bertz CT molecular complexity index is 719. The van der Waals surface area contributed by atoms with Gasteiger partial charge in [-0.25, -0.2) is 4.68 Å². The highest BCUT2D eigenvalue weighted by Crippen LogP contribution is 2.27. The summed E-state index contributed by atoms with van der Waals surface area (Å²) < 4.78 is 1.91. The van der Waals surface area contributed by atoms with Crippen LogP contribution in [0.1, 0.15) is 53.5 Å². The molecule has 1 heterocycles. The van der Waals surface area contributed by atoms with Gasteiger partial charge in [-0.3, -0.25) is 4.79 Å². The Morgan fingerprint density at radius 1 is 1.33 bits per heavy atom. The molecule has 1 unspecified atom stereocenters. The predicted octanol–water partition coefficient (Wildman–Crippen LogP) is 2.56. The van der Waals surface area contributed by atoms with Gasteiger partial charge in [0.25, 0.3) is 5.91 Å². The number of hydrogen-bond acceptors (Lipinski definition) is 3. The molecule has 0 spiro atoms. The van der Waals surface area contributed by atoms with Crippen molar-refractivity contribution < 1.29 is 9.90 Å². The molecule has 2 aromatic rings. The van der Waals surface area contributed by atoms with E-state index in [0.29, 0.717) is 25.1 Å². The number of amides is 1. The Morgan fingerprint density at radius 3 is 2.79 bits per heavy atom. The molecule has 1 aliphatic carbocycles. The monoisotopic (exact) mass is 327 g/mol. The fraction of sp³-hybridized carbons (Fsp3) is 0.474. The van der Waals surface area contributed by atoms with Crippen molar-refractivity contribution in [3.63, 3.8) is 0 Å². The molecule has 1 atom stereocenters. The quantitative estimate of drug-likeness (QED) is 0.857. The maximum atomic E-state index is 12.5. The average molecular weight is 327 g/mol. The van der Waals surface area contributed by atoms with Crippen molar-refractivity contribution in [3.8, 4) is 5.69 Å². The first-order valence-electron chi connectivity index (χ1n) is 8.74. The van der Waals surface area contributed by atoms with E-state index in [0.717, 1.165) is 36.2 Å². The lowest BCUT2D eigenvalue weighted by atomic mass is 10.1. The van der Waals surface area contributed by atoms with Gasteiger partial charge in [-0.1, -0.05) is 24.6 Å². The molecule has 5 nitrogen and oxygen atoms in total. The Morgan fingerprint density at radius 2 is 2.08 bits per heavy atom. The van der Waals surface area contributed by atoms with Gasteiger partial charge in [0, 0.05) is 17.8 Å². The van der Waals surface area contributed by atoms with Gasteiger partial charge in [-0.15, -0.1) is 0 Å². The molecule has 0 aliphatic heterocycles. The van der Waals surface area contributed by atoms with Crippen LogP contribution in [-0.4, -0.2) is 33.4 Å². The van der Waals surface area contributed by atoms with Crippen molar-refractivity contribution in [2.45, 2.75) is 52.1 Å². The lowest BCUT2D eigenvalue weighted by Crippen LogP contribution is -2.28. The number of benzene rings is 1. The number of hydrogen-bond donors (Lipinski definition) is 2. The molecular weight excluding hydrogens is 302 g/mol.